The maximum absolute atomic E-state index is 9.79. The van der Waals surface area contributed by atoms with Gasteiger partial charge < -0.3 is 9.84 Å². The van der Waals surface area contributed by atoms with Crippen molar-refractivity contribution in [3.05, 3.63) is 29.8 Å². The van der Waals surface area contributed by atoms with Crippen molar-refractivity contribution in [3.8, 4) is 5.75 Å². The molecule has 0 aliphatic carbocycles. The highest BCUT2D eigenvalue weighted by Gasteiger charge is 1.97. The second-order valence-corrected chi connectivity index (χ2v) is 2.04. The maximum atomic E-state index is 9.79. The van der Waals surface area contributed by atoms with Crippen LogP contribution in [0.5, 0.6) is 5.75 Å². The molecule has 0 spiro atoms. The molecule has 1 rings (SSSR count). The number of phenols is 1. The molecule has 1 N–H and O–H groups in total. The first-order valence-corrected chi connectivity index (χ1v) is 3.16. The molecule has 0 fully saturated rings. The summed E-state index contributed by atoms with van der Waals surface area (Å²) in [6.07, 6.45) is 0. The van der Waals surface area contributed by atoms with Crippen molar-refractivity contribution in [2.45, 2.75) is 6.61 Å². The third-order valence-corrected chi connectivity index (χ3v) is 1.30. The van der Waals surface area contributed by atoms with E-state index < -0.39 is 0 Å². The minimum absolute atomic E-state index is 0.121. The molecule has 3 nitrogen and oxygen atoms in total. The van der Waals surface area contributed by atoms with Gasteiger partial charge in [0.05, 0.1) is 0 Å². The second kappa shape index (κ2) is 3.61. The number of rotatable bonds is 3. The van der Waals surface area contributed by atoms with Crippen LogP contribution < -0.4 is 0 Å². The molecule has 1 aromatic carbocycles. The van der Waals surface area contributed by atoms with Crippen molar-refractivity contribution in [1.29, 1.82) is 0 Å². The lowest BCUT2D eigenvalue weighted by atomic mass is 10.2. The molecule has 0 radical (unpaired) electrons. The highest BCUT2D eigenvalue weighted by Crippen LogP contribution is 2.15. The monoisotopic (exact) mass is 152 g/mol. The van der Waals surface area contributed by atoms with E-state index in [1.165, 1.54) is 0 Å². The van der Waals surface area contributed by atoms with Crippen molar-refractivity contribution in [2.24, 2.45) is 0 Å². The standard InChI is InChI=1S/C8H8O3/c9-6-11-5-7-3-1-2-4-8(7)10/h1-4,6,10H,5H2. The van der Waals surface area contributed by atoms with E-state index in [1.807, 2.05) is 0 Å². The number of carbonyl (C=O) groups is 1. The van der Waals surface area contributed by atoms with Crippen LogP contribution in [0.15, 0.2) is 24.3 Å². The summed E-state index contributed by atoms with van der Waals surface area (Å²) >= 11 is 0. The van der Waals surface area contributed by atoms with E-state index in [0.29, 0.717) is 12.0 Å². The first-order valence-electron chi connectivity index (χ1n) is 3.16. The zero-order valence-electron chi connectivity index (χ0n) is 5.86. The van der Waals surface area contributed by atoms with Crippen LogP contribution in [0.2, 0.25) is 0 Å². The lowest BCUT2D eigenvalue weighted by Crippen LogP contribution is -1.89. The summed E-state index contributed by atoms with van der Waals surface area (Å²) in [6, 6.07) is 6.71. The van der Waals surface area contributed by atoms with Crippen molar-refractivity contribution in [3.63, 3.8) is 0 Å². The smallest absolute Gasteiger partial charge is 0.293 e. The van der Waals surface area contributed by atoms with Crippen molar-refractivity contribution in [2.75, 3.05) is 0 Å². The molecule has 0 aliphatic heterocycles. The van der Waals surface area contributed by atoms with Crippen molar-refractivity contribution >= 4 is 6.47 Å². The quantitative estimate of drug-likeness (QED) is 0.659. The van der Waals surface area contributed by atoms with Gasteiger partial charge in [0.25, 0.3) is 6.47 Å². The highest BCUT2D eigenvalue weighted by molar-refractivity contribution is 5.39. The maximum Gasteiger partial charge on any atom is 0.293 e. The Hall–Kier alpha value is -1.51. The molecule has 1 aromatic rings. The number of ether oxygens (including phenoxy) is 1. The highest BCUT2D eigenvalue weighted by atomic mass is 16.5. The van der Waals surface area contributed by atoms with E-state index in [0.717, 1.165) is 0 Å². The van der Waals surface area contributed by atoms with Gasteiger partial charge in [-0.25, -0.2) is 0 Å². The molecule has 0 saturated carbocycles. The van der Waals surface area contributed by atoms with Gasteiger partial charge in [0.1, 0.15) is 12.4 Å². The van der Waals surface area contributed by atoms with E-state index in [2.05, 4.69) is 4.74 Å². The van der Waals surface area contributed by atoms with Crippen LogP contribution >= 0.6 is 0 Å². The molecule has 0 saturated heterocycles. The molecule has 58 valence electrons. The number of benzene rings is 1. The van der Waals surface area contributed by atoms with E-state index in [9.17, 15) is 4.79 Å². The summed E-state index contributed by atoms with van der Waals surface area (Å²) in [7, 11) is 0. The number of hydrogen-bond acceptors (Lipinski definition) is 3. The van der Waals surface area contributed by atoms with Gasteiger partial charge in [-0.2, -0.15) is 0 Å². The van der Waals surface area contributed by atoms with Gasteiger partial charge >= 0.3 is 0 Å². The Kier molecular flexibility index (Phi) is 2.49. The summed E-state index contributed by atoms with van der Waals surface area (Å²) < 4.78 is 4.46. The predicted octanol–water partition coefficient (Wildman–Crippen LogP) is 1.07. The van der Waals surface area contributed by atoms with Crippen LogP contribution in [0.3, 0.4) is 0 Å². The molecule has 0 aromatic heterocycles. The largest absolute Gasteiger partial charge is 0.508 e. The molecule has 0 atom stereocenters. The SMILES string of the molecule is O=COCc1ccccc1O. The van der Waals surface area contributed by atoms with Gasteiger partial charge in [-0.3, -0.25) is 4.79 Å². The summed E-state index contributed by atoms with van der Waals surface area (Å²) in [6.45, 7) is 0.475. The topological polar surface area (TPSA) is 46.5 Å². The average molecular weight is 152 g/mol. The molecule has 11 heavy (non-hydrogen) atoms. The molecule has 0 amide bonds. The fourth-order valence-electron chi connectivity index (χ4n) is 0.757. The number of hydrogen-bond donors (Lipinski definition) is 1. The molecule has 0 bridgehead atoms. The zero-order valence-corrected chi connectivity index (χ0v) is 5.86. The minimum atomic E-state index is 0.121. The summed E-state index contributed by atoms with van der Waals surface area (Å²) in [5.74, 6) is 0.148. The third-order valence-electron chi connectivity index (χ3n) is 1.30. The third kappa shape index (κ3) is 1.97. The molecule has 3 heteroatoms. The van der Waals surface area contributed by atoms with Gasteiger partial charge in [-0.1, -0.05) is 18.2 Å². The Morgan fingerprint density at radius 1 is 1.45 bits per heavy atom. The van der Waals surface area contributed by atoms with E-state index in [4.69, 9.17) is 5.11 Å². The Labute approximate surface area is 64.2 Å². The number of para-hydroxylation sites is 1. The molecule has 0 aliphatic rings. The normalized spacial score (nSPS) is 9.09. The van der Waals surface area contributed by atoms with E-state index in [-0.39, 0.29) is 12.4 Å². The van der Waals surface area contributed by atoms with Crippen molar-refractivity contribution < 1.29 is 14.6 Å². The van der Waals surface area contributed by atoms with E-state index >= 15 is 0 Å². The van der Waals surface area contributed by atoms with Crippen LogP contribution in [-0.2, 0) is 16.1 Å². The first kappa shape index (κ1) is 7.60. The van der Waals surface area contributed by atoms with Crippen molar-refractivity contribution in [1.82, 2.24) is 0 Å². The Morgan fingerprint density at radius 3 is 2.82 bits per heavy atom. The van der Waals surface area contributed by atoms with Gasteiger partial charge in [-0.15, -0.1) is 0 Å². The van der Waals surface area contributed by atoms with Gasteiger partial charge in [0.15, 0.2) is 0 Å². The molecular formula is C8H8O3. The van der Waals surface area contributed by atoms with Crippen LogP contribution in [0.25, 0.3) is 0 Å². The van der Waals surface area contributed by atoms with Crippen LogP contribution in [0.4, 0.5) is 0 Å². The van der Waals surface area contributed by atoms with Gasteiger partial charge in [0.2, 0.25) is 0 Å². The molecule has 0 heterocycles. The predicted molar refractivity (Wildman–Crippen MR) is 39.0 cm³/mol. The summed E-state index contributed by atoms with van der Waals surface area (Å²) in [5, 5.41) is 9.14. The minimum Gasteiger partial charge on any atom is -0.508 e. The fourth-order valence-corrected chi connectivity index (χ4v) is 0.757. The number of carbonyl (C=O) groups excluding carboxylic acids is 1. The number of phenolic OH excluding ortho intramolecular Hbond substituents is 1. The Bertz CT molecular complexity index is 245. The summed E-state index contributed by atoms with van der Waals surface area (Å²) in [4.78, 5) is 9.79. The first-order chi connectivity index (χ1) is 5.34. The second-order valence-electron chi connectivity index (χ2n) is 2.04. The van der Waals surface area contributed by atoms with Crippen LogP contribution in [0, 0.1) is 0 Å². The fraction of sp³-hybridized carbons (Fsp3) is 0.125. The molecule has 0 unspecified atom stereocenters. The van der Waals surface area contributed by atoms with Gasteiger partial charge in [-0.05, 0) is 6.07 Å². The van der Waals surface area contributed by atoms with Gasteiger partial charge in [0, 0.05) is 5.56 Å². The van der Waals surface area contributed by atoms with Crippen LogP contribution in [-0.4, -0.2) is 11.6 Å². The van der Waals surface area contributed by atoms with Crippen LogP contribution in [0.1, 0.15) is 5.56 Å². The number of aromatic hydroxyl groups is 1. The zero-order chi connectivity index (χ0) is 8.10. The lowest BCUT2D eigenvalue weighted by molar-refractivity contribution is -0.129. The molecular weight excluding hydrogens is 144 g/mol. The Morgan fingerprint density at radius 2 is 2.18 bits per heavy atom. The Balaban J connectivity index is 2.69. The average Bonchev–Trinajstić information content (AvgIpc) is 2.03. The summed E-state index contributed by atoms with van der Waals surface area (Å²) in [5.41, 5.74) is 0.611. The lowest BCUT2D eigenvalue weighted by Gasteiger charge is -2.00. The van der Waals surface area contributed by atoms with E-state index in [1.54, 1.807) is 24.3 Å².